The maximum Gasteiger partial charge on any atom is 0.265 e. The molecule has 11 heteroatoms. The summed E-state index contributed by atoms with van der Waals surface area (Å²) in [7, 11) is -2.79. The smallest absolute Gasteiger partial charge is 0.265 e. The lowest BCUT2D eigenvalue weighted by Crippen LogP contribution is -2.28. The van der Waals surface area contributed by atoms with Gasteiger partial charge >= 0.3 is 0 Å². The predicted octanol–water partition coefficient (Wildman–Crippen LogP) is 5.41. The Bertz CT molecular complexity index is 1270. The van der Waals surface area contributed by atoms with E-state index in [1.165, 1.54) is 61.9 Å². The SMILES string of the molecule is CCNC(=O)c1ccc(Oc2cncc(Cl)c2)c(N(C)S(=O)(=O)c2ccc(Cl)cc2Cl)c1. The minimum absolute atomic E-state index is 0.0364. The van der Waals surface area contributed by atoms with Crippen LogP contribution in [0.5, 0.6) is 11.5 Å². The number of benzene rings is 2. The molecule has 0 spiro atoms. The van der Waals surface area contributed by atoms with Crippen molar-refractivity contribution >= 4 is 56.4 Å². The summed E-state index contributed by atoms with van der Waals surface area (Å²) in [6.07, 6.45) is 2.87. The molecule has 7 nitrogen and oxygen atoms in total. The standard InChI is InChI=1S/C21H18Cl3N3O4S/c1-3-26-21(28)13-4-6-19(31-16-9-15(23)11-25-12-16)18(8-13)27(2)32(29,30)20-7-5-14(22)10-17(20)24/h4-12H,3H2,1-2H3,(H,26,28). The van der Waals surface area contributed by atoms with Crippen molar-refractivity contribution in [2.45, 2.75) is 11.8 Å². The summed E-state index contributed by atoms with van der Waals surface area (Å²) in [6, 6.07) is 10.0. The Hall–Kier alpha value is -2.52. The average molecular weight is 515 g/mol. The Morgan fingerprint density at radius 3 is 2.47 bits per heavy atom. The first-order chi connectivity index (χ1) is 15.1. The number of sulfonamides is 1. The number of ether oxygens (including phenoxy) is 1. The van der Waals surface area contributed by atoms with Gasteiger partial charge in [-0.3, -0.25) is 14.1 Å². The zero-order valence-corrected chi connectivity index (χ0v) is 20.1. The number of carbonyl (C=O) groups excluding carboxylic acids is 1. The summed E-state index contributed by atoms with van der Waals surface area (Å²) in [4.78, 5) is 16.2. The highest BCUT2D eigenvalue weighted by Crippen LogP contribution is 2.37. The van der Waals surface area contributed by atoms with Gasteiger partial charge in [-0.05, 0) is 43.3 Å². The molecule has 3 rings (SSSR count). The molecule has 0 bridgehead atoms. The van der Waals surface area contributed by atoms with Crippen molar-refractivity contribution < 1.29 is 17.9 Å². The Labute approximate surface area is 200 Å². The molecule has 0 fully saturated rings. The number of rotatable bonds is 7. The molecule has 32 heavy (non-hydrogen) atoms. The minimum atomic E-state index is -4.13. The molecule has 2 aromatic carbocycles. The number of amides is 1. The van der Waals surface area contributed by atoms with Gasteiger partial charge in [0.1, 0.15) is 10.6 Å². The van der Waals surface area contributed by atoms with Crippen molar-refractivity contribution in [3.05, 3.63) is 75.5 Å². The summed E-state index contributed by atoms with van der Waals surface area (Å²) in [5.74, 6) is 0.0955. The van der Waals surface area contributed by atoms with Gasteiger partial charge < -0.3 is 10.1 Å². The maximum atomic E-state index is 13.3. The van der Waals surface area contributed by atoms with E-state index in [2.05, 4.69) is 10.3 Å². The number of aromatic nitrogens is 1. The second-order valence-corrected chi connectivity index (χ2v) is 9.75. The van der Waals surface area contributed by atoms with Crippen molar-refractivity contribution in [1.82, 2.24) is 10.3 Å². The molecule has 3 aromatic rings. The van der Waals surface area contributed by atoms with E-state index in [1.807, 2.05) is 0 Å². The van der Waals surface area contributed by atoms with E-state index in [-0.39, 0.29) is 32.8 Å². The van der Waals surface area contributed by atoms with Crippen LogP contribution in [0.2, 0.25) is 15.1 Å². The maximum absolute atomic E-state index is 13.3. The zero-order valence-electron chi connectivity index (χ0n) is 17.0. The van der Waals surface area contributed by atoms with Crippen molar-refractivity contribution in [1.29, 1.82) is 0 Å². The number of anilines is 1. The molecule has 1 aromatic heterocycles. The number of hydrogen-bond acceptors (Lipinski definition) is 5. The van der Waals surface area contributed by atoms with Crippen molar-refractivity contribution in [3.63, 3.8) is 0 Å². The van der Waals surface area contributed by atoms with Crippen LogP contribution in [0.15, 0.2) is 59.8 Å². The summed E-state index contributed by atoms with van der Waals surface area (Å²) in [5, 5.41) is 3.29. The van der Waals surface area contributed by atoms with Gasteiger partial charge in [-0.1, -0.05) is 34.8 Å². The summed E-state index contributed by atoms with van der Waals surface area (Å²) in [6.45, 7) is 2.19. The number of halogens is 3. The molecule has 0 saturated carbocycles. The summed E-state index contributed by atoms with van der Waals surface area (Å²) < 4.78 is 33.5. The van der Waals surface area contributed by atoms with E-state index in [0.717, 1.165) is 4.31 Å². The van der Waals surface area contributed by atoms with Gasteiger partial charge in [-0.15, -0.1) is 0 Å². The van der Waals surface area contributed by atoms with Gasteiger partial charge in [0.2, 0.25) is 0 Å². The Morgan fingerprint density at radius 2 is 1.81 bits per heavy atom. The monoisotopic (exact) mass is 513 g/mol. The Balaban J connectivity index is 2.11. The van der Waals surface area contributed by atoms with Crippen molar-refractivity contribution in [2.75, 3.05) is 17.9 Å². The number of nitrogens with one attached hydrogen (secondary N) is 1. The van der Waals surface area contributed by atoms with Crippen LogP contribution in [0, 0.1) is 0 Å². The van der Waals surface area contributed by atoms with Crippen LogP contribution in [0.25, 0.3) is 0 Å². The third-order valence-electron chi connectivity index (χ3n) is 4.34. The second-order valence-electron chi connectivity index (χ2n) is 6.53. The molecule has 0 atom stereocenters. The first-order valence-electron chi connectivity index (χ1n) is 9.28. The van der Waals surface area contributed by atoms with Crippen LogP contribution >= 0.6 is 34.8 Å². The number of hydrogen-bond donors (Lipinski definition) is 1. The molecule has 1 amide bonds. The van der Waals surface area contributed by atoms with Crippen LogP contribution in [0.3, 0.4) is 0 Å². The number of carbonyl (C=O) groups is 1. The van der Waals surface area contributed by atoms with E-state index >= 15 is 0 Å². The second kappa shape index (κ2) is 9.95. The van der Waals surface area contributed by atoms with Gasteiger partial charge in [-0.2, -0.15) is 0 Å². The molecule has 0 aliphatic carbocycles. The van der Waals surface area contributed by atoms with Gasteiger partial charge in [0.25, 0.3) is 15.9 Å². The van der Waals surface area contributed by atoms with Crippen LogP contribution < -0.4 is 14.4 Å². The first kappa shape index (κ1) is 24.1. The normalized spacial score (nSPS) is 11.2. The quantitative estimate of drug-likeness (QED) is 0.455. The lowest BCUT2D eigenvalue weighted by Gasteiger charge is -2.23. The molecular formula is C21H18Cl3N3O4S. The van der Waals surface area contributed by atoms with Crippen LogP contribution in [0.4, 0.5) is 5.69 Å². The highest BCUT2D eigenvalue weighted by Gasteiger charge is 2.27. The molecule has 1 heterocycles. The molecule has 1 N–H and O–H groups in total. The first-order valence-corrected chi connectivity index (χ1v) is 11.9. The molecule has 0 aliphatic heterocycles. The Kier molecular flexibility index (Phi) is 7.51. The van der Waals surface area contributed by atoms with E-state index in [1.54, 1.807) is 6.92 Å². The van der Waals surface area contributed by atoms with Gasteiger partial charge in [0.05, 0.1) is 21.9 Å². The van der Waals surface area contributed by atoms with Gasteiger partial charge in [0.15, 0.2) is 5.75 Å². The molecule has 0 radical (unpaired) electrons. The fourth-order valence-corrected chi connectivity index (χ4v) is 4.90. The van der Waals surface area contributed by atoms with Crippen molar-refractivity contribution in [3.8, 4) is 11.5 Å². The van der Waals surface area contributed by atoms with Gasteiger partial charge in [-0.25, -0.2) is 8.42 Å². The zero-order chi connectivity index (χ0) is 23.5. The molecule has 168 valence electrons. The number of pyridine rings is 1. The Morgan fingerprint density at radius 1 is 1.06 bits per heavy atom. The van der Waals surface area contributed by atoms with E-state index in [9.17, 15) is 13.2 Å². The summed E-state index contributed by atoms with van der Waals surface area (Å²) >= 11 is 18.0. The minimum Gasteiger partial charge on any atom is -0.453 e. The third kappa shape index (κ3) is 5.27. The molecule has 0 unspecified atom stereocenters. The van der Waals surface area contributed by atoms with E-state index in [0.29, 0.717) is 22.3 Å². The summed E-state index contributed by atoms with van der Waals surface area (Å²) in [5.41, 5.74) is 0.363. The van der Waals surface area contributed by atoms with Crippen LogP contribution in [-0.2, 0) is 10.0 Å². The topological polar surface area (TPSA) is 88.6 Å². The number of nitrogens with zero attached hydrogens (tertiary/aromatic N) is 2. The van der Waals surface area contributed by atoms with Crippen molar-refractivity contribution in [2.24, 2.45) is 0 Å². The highest BCUT2D eigenvalue weighted by atomic mass is 35.5. The predicted molar refractivity (Wildman–Crippen MR) is 126 cm³/mol. The average Bonchev–Trinajstić information content (AvgIpc) is 2.73. The molecular weight excluding hydrogens is 497 g/mol. The molecule has 0 saturated heterocycles. The lowest BCUT2D eigenvalue weighted by molar-refractivity contribution is 0.0956. The fraction of sp³-hybridized carbons (Fsp3) is 0.143. The van der Waals surface area contributed by atoms with Crippen LogP contribution in [-0.4, -0.2) is 32.9 Å². The fourth-order valence-electron chi connectivity index (χ4n) is 2.79. The third-order valence-corrected chi connectivity index (χ3v) is 7.03. The van der Waals surface area contributed by atoms with Gasteiger partial charge in [0, 0.05) is 36.4 Å². The lowest BCUT2D eigenvalue weighted by atomic mass is 10.1. The molecule has 0 aliphatic rings. The van der Waals surface area contributed by atoms with E-state index in [4.69, 9.17) is 39.5 Å². The van der Waals surface area contributed by atoms with E-state index < -0.39 is 10.0 Å². The largest absolute Gasteiger partial charge is 0.453 e. The van der Waals surface area contributed by atoms with Crippen LogP contribution in [0.1, 0.15) is 17.3 Å². The highest BCUT2D eigenvalue weighted by molar-refractivity contribution is 7.93.